The Bertz CT molecular complexity index is 1430. The summed E-state index contributed by atoms with van der Waals surface area (Å²) >= 11 is 0. The van der Waals surface area contributed by atoms with E-state index in [2.05, 4.69) is 20.6 Å². The van der Waals surface area contributed by atoms with E-state index in [4.69, 9.17) is 9.47 Å². The van der Waals surface area contributed by atoms with Gasteiger partial charge in [-0.2, -0.15) is 0 Å². The van der Waals surface area contributed by atoms with Gasteiger partial charge in [-0.1, -0.05) is 49.7 Å². The number of benzene rings is 2. The van der Waals surface area contributed by atoms with Crippen LogP contribution in [0, 0.1) is 0 Å². The number of hydrogen-bond acceptors (Lipinski definition) is 6. The lowest BCUT2D eigenvalue weighted by Crippen LogP contribution is -2.16. The molecule has 0 radical (unpaired) electrons. The van der Waals surface area contributed by atoms with Gasteiger partial charge in [-0.05, 0) is 56.7 Å². The molecule has 0 aliphatic rings. The Labute approximate surface area is 243 Å². The molecule has 0 unspecified atom stereocenters. The van der Waals surface area contributed by atoms with Gasteiger partial charge in [-0.3, -0.25) is 9.59 Å². The van der Waals surface area contributed by atoms with Gasteiger partial charge in [0, 0.05) is 28.4 Å². The van der Waals surface area contributed by atoms with E-state index >= 15 is 0 Å². The van der Waals surface area contributed by atoms with Gasteiger partial charge < -0.3 is 30.1 Å². The Kier molecular flexibility index (Phi) is 9.94. The van der Waals surface area contributed by atoms with E-state index < -0.39 is 17.9 Å². The normalized spacial score (nSPS) is 10.8. The average Bonchev–Trinajstić information content (AvgIpc) is 3.62. The molecule has 10 heteroatoms. The number of amides is 2. The number of hydrogen-bond donors (Lipinski definition) is 4. The van der Waals surface area contributed by atoms with Crippen LogP contribution in [0.3, 0.4) is 0 Å². The van der Waals surface area contributed by atoms with Crippen LogP contribution in [0.2, 0.25) is 0 Å². The maximum absolute atomic E-state index is 13.2. The highest BCUT2D eigenvalue weighted by Crippen LogP contribution is 2.38. The van der Waals surface area contributed by atoms with Crippen molar-refractivity contribution in [3.63, 3.8) is 0 Å². The lowest BCUT2D eigenvalue weighted by atomic mass is 9.94. The molecule has 2 heterocycles. The molecular formula is C32H34N4O6. The first-order chi connectivity index (χ1) is 20.4. The van der Waals surface area contributed by atoms with Gasteiger partial charge >= 0.3 is 11.9 Å². The summed E-state index contributed by atoms with van der Waals surface area (Å²) in [4.78, 5) is 58.1. The molecule has 2 aromatic carbocycles. The molecule has 10 nitrogen and oxygen atoms in total. The van der Waals surface area contributed by atoms with Crippen LogP contribution < -0.4 is 10.6 Å². The second-order valence-corrected chi connectivity index (χ2v) is 9.44. The Balaban J connectivity index is 1.81. The average molecular weight is 571 g/mol. The fraction of sp³-hybridized carbons (Fsp3) is 0.250. The third-order valence-corrected chi connectivity index (χ3v) is 6.53. The first-order valence-electron chi connectivity index (χ1n) is 13.9. The summed E-state index contributed by atoms with van der Waals surface area (Å²) in [5, 5.41) is 5.84. The first kappa shape index (κ1) is 29.9. The van der Waals surface area contributed by atoms with E-state index in [-0.39, 0.29) is 36.4 Å². The van der Waals surface area contributed by atoms with Crippen molar-refractivity contribution in [2.24, 2.45) is 0 Å². The molecule has 4 N–H and O–H groups in total. The summed E-state index contributed by atoms with van der Waals surface area (Å²) in [6, 6.07) is 20.5. The van der Waals surface area contributed by atoms with Crippen LogP contribution in [0.1, 0.15) is 92.6 Å². The highest BCUT2D eigenvalue weighted by atomic mass is 16.5. The second-order valence-electron chi connectivity index (χ2n) is 9.44. The molecule has 42 heavy (non-hydrogen) atoms. The Morgan fingerprint density at radius 1 is 0.667 bits per heavy atom. The summed E-state index contributed by atoms with van der Waals surface area (Å²) < 4.78 is 10.4. The molecule has 2 aromatic heterocycles. The van der Waals surface area contributed by atoms with E-state index in [1.54, 1.807) is 62.4 Å². The SMILES string of the molecule is CCCC(c1[nH]c(C(=O)OCC)cc1NC(=O)c1ccccc1)c1[nH]c(C(=O)OCC)cc1NC(=O)c1ccccc1. The number of aromatic amines is 2. The van der Waals surface area contributed by atoms with Gasteiger partial charge in [0.2, 0.25) is 0 Å². The topological polar surface area (TPSA) is 142 Å². The van der Waals surface area contributed by atoms with E-state index in [0.717, 1.165) is 0 Å². The van der Waals surface area contributed by atoms with Crippen molar-refractivity contribution >= 4 is 35.1 Å². The van der Waals surface area contributed by atoms with Gasteiger partial charge in [-0.25, -0.2) is 9.59 Å². The van der Waals surface area contributed by atoms with E-state index in [1.165, 1.54) is 12.1 Å². The number of ether oxygens (including phenoxy) is 2. The summed E-state index contributed by atoms with van der Waals surface area (Å²) in [5.74, 6) is -2.38. The molecule has 4 rings (SSSR count). The molecule has 0 aliphatic heterocycles. The number of carbonyl (C=O) groups is 4. The van der Waals surface area contributed by atoms with Gasteiger partial charge in [0.05, 0.1) is 24.6 Å². The van der Waals surface area contributed by atoms with Crippen LogP contribution in [0.25, 0.3) is 0 Å². The van der Waals surface area contributed by atoms with E-state index in [0.29, 0.717) is 46.7 Å². The lowest BCUT2D eigenvalue weighted by molar-refractivity contribution is 0.0511. The number of aromatic nitrogens is 2. The Morgan fingerprint density at radius 2 is 1.07 bits per heavy atom. The minimum Gasteiger partial charge on any atom is -0.461 e. The third-order valence-electron chi connectivity index (χ3n) is 6.53. The predicted octanol–water partition coefficient (Wildman–Crippen LogP) is 6.13. The number of rotatable bonds is 12. The van der Waals surface area contributed by atoms with Crippen LogP contribution in [-0.4, -0.2) is 46.9 Å². The smallest absolute Gasteiger partial charge is 0.354 e. The minimum absolute atomic E-state index is 0.156. The van der Waals surface area contributed by atoms with Crippen molar-refractivity contribution in [1.29, 1.82) is 0 Å². The van der Waals surface area contributed by atoms with Crippen molar-refractivity contribution in [2.45, 2.75) is 39.5 Å². The molecule has 4 aromatic rings. The number of H-pyrrole nitrogens is 2. The van der Waals surface area contributed by atoms with Crippen molar-refractivity contribution < 1.29 is 28.7 Å². The quantitative estimate of drug-likeness (QED) is 0.151. The fourth-order valence-corrected chi connectivity index (χ4v) is 4.62. The maximum Gasteiger partial charge on any atom is 0.354 e. The highest BCUT2D eigenvalue weighted by molar-refractivity contribution is 6.06. The van der Waals surface area contributed by atoms with E-state index in [1.807, 2.05) is 19.1 Å². The third kappa shape index (κ3) is 6.95. The monoisotopic (exact) mass is 570 g/mol. The van der Waals surface area contributed by atoms with Gasteiger partial charge in [0.25, 0.3) is 11.8 Å². The van der Waals surface area contributed by atoms with E-state index in [9.17, 15) is 19.2 Å². The molecule has 0 saturated carbocycles. The predicted molar refractivity (Wildman–Crippen MR) is 159 cm³/mol. The van der Waals surface area contributed by atoms with Gasteiger partial charge in [0.15, 0.2) is 0 Å². The molecule has 0 atom stereocenters. The summed E-state index contributed by atoms with van der Waals surface area (Å²) in [7, 11) is 0. The van der Waals surface area contributed by atoms with Crippen molar-refractivity contribution in [3.8, 4) is 0 Å². The molecule has 0 saturated heterocycles. The lowest BCUT2D eigenvalue weighted by Gasteiger charge is -2.19. The van der Waals surface area contributed by atoms with Gasteiger partial charge in [0.1, 0.15) is 11.4 Å². The van der Waals surface area contributed by atoms with Crippen LogP contribution in [0.5, 0.6) is 0 Å². The van der Waals surface area contributed by atoms with Gasteiger partial charge in [-0.15, -0.1) is 0 Å². The fourth-order valence-electron chi connectivity index (χ4n) is 4.62. The Hall–Kier alpha value is -5.12. The standard InChI is InChI=1S/C32H34N4O6/c1-4-13-22(27-23(18-25(33-27)31(39)41-5-2)35-29(37)20-14-9-7-10-15-20)28-24(19-26(34-28)32(40)42-6-3)36-30(38)21-16-11-8-12-17-21/h7-12,14-19,22,33-34H,4-6,13H2,1-3H3,(H,35,37)(H,36,38). The van der Waals surface area contributed by atoms with Crippen molar-refractivity contribution in [1.82, 2.24) is 9.97 Å². The highest BCUT2D eigenvalue weighted by Gasteiger charge is 2.29. The van der Waals surface area contributed by atoms with Crippen molar-refractivity contribution in [3.05, 3.63) is 107 Å². The largest absolute Gasteiger partial charge is 0.461 e. The first-order valence-corrected chi connectivity index (χ1v) is 13.9. The number of anilines is 2. The molecule has 2 amide bonds. The zero-order valence-corrected chi connectivity index (χ0v) is 23.8. The molecule has 0 fully saturated rings. The second kappa shape index (κ2) is 14.0. The molecule has 0 spiro atoms. The van der Waals surface area contributed by atoms with Crippen LogP contribution in [0.4, 0.5) is 11.4 Å². The van der Waals surface area contributed by atoms with Crippen LogP contribution >= 0.6 is 0 Å². The molecule has 0 bridgehead atoms. The zero-order valence-electron chi connectivity index (χ0n) is 23.8. The zero-order chi connectivity index (χ0) is 30.1. The Morgan fingerprint density at radius 3 is 1.43 bits per heavy atom. The summed E-state index contributed by atoms with van der Waals surface area (Å²) in [6.07, 6.45) is 1.23. The summed E-state index contributed by atoms with van der Waals surface area (Å²) in [5.41, 5.74) is 2.96. The summed E-state index contributed by atoms with van der Waals surface area (Å²) in [6.45, 7) is 5.75. The van der Waals surface area contributed by atoms with Crippen LogP contribution in [-0.2, 0) is 9.47 Å². The molecular weight excluding hydrogens is 536 g/mol. The number of nitrogens with one attached hydrogen (secondary N) is 4. The van der Waals surface area contributed by atoms with Crippen LogP contribution in [0.15, 0.2) is 72.8 Å². The minimum atomic E-state index is -0.578. The molecule has 0 aliphatic carbocycles. The number of carbonyl (C=O) groups excluding carboxylic acids is 4. The number of esters is 2. The maximum atomic E-state index is 13.2. The van der Waals surface area contributed by atoms with Crippen molar-refractivity contribution in [2.75, 3.05) is 23.8 Å². The molecule has 218 valence electrons.